The fraction of sp³-hybridized carbons (Fsp3) is 0.880. The van der Waals surface area contributed by atoms with E-state index in [1.165, 1.54) is 0 Å². The molecular formula is C25H49N5O8. The molecule has 1 aliphatic heterocycles. The van der Waals surface area contributed by atoms with Crippen molar-refractivity contribution in [3.63, 3.8) is 0 Å². The topological polar surface area (TPSA) is 217 Å². The Balaban J connectivity index is 2.13. The van der Waals surface area contributed by atoms with E-state index in [1.54, 1.807) is 6.92 Å². The van der Waals surface area contributed by atoms with Gasteiger partial charge in [-0.1, -0.05) is 6.92 Å². The molecule has 1 fully saturated rings. The summed E-state index contributed by atoms with van der Waals surface area (Å²) in [6, 6.07) is -1.29. The molecule has 222 valence electrons. The molecule has 0 radical (unpaired) electrons. The number of hydrogen-bond acceptors (Lipinski definition) is 12. The van der Waals surface area contributed by atoms with Gasteiger partial charge in [0, 0.05) is 18.9 Å². The molecule has 11 N–H and O–H groups in total. The lowest BCUT2D eigenvalue weighted by Gasteiger charge is -2.45. The van der Waals surface area contributed by atoms with Gasteiger partial charge in [0.25, 0.3) is 0 Å². The Hall–Kier alpha value is -1.39. The summed E-state index contributed by atoms with van der Waals surface area (Å²) in [5.41, 5.74) is 17.5. The van der Waals surface area contributed by atoms with E-state index < -0.39 is 49.1 Å². The summed E-state index contributed by atoms with van der Waals surface area (Å²) in [5, 5.41) is 37.2. The second kappa shape index (κ2) is 18.1. The molecule has 2 rings (SSSR count). The maximum absolute atomic E-state index is 12.5. The zero-order valence-corrected chi connectivity index (χ0v) is 22.5. The van der Waals surface area contributed by atoms with E-state index in [0.29, 0.717) is 38.9 Å². The summed E-state index contributed by atoms with van der Waals surface area (Å²) in [5.74, 6) is 0.503. The van der Waals surface area contributed by atoms with E-state index in [4.69, 9.17) is 36.1 Å². The third kappa shape index (κ3) is 10.6. The monoisotopic (exact) mass is 547 g/mol. The van der Waals surface area contributed by atoms with Crippen molar-refractivity contribution in [1.82, 2.24) is 10.6 Å². The van der Waals surface area contributed by atoms with Gasteiger partial charge < -0.3 is 62.1 Å². The third-order valence-corrected chi connectivity index (χ3v) is 6.59. The Kier molecular flexibility index (Phi) is 15.6. The number of amides is 1. The summed E-state index contributed by atoms with van der Waals surface area (Å²) in [6.45, 7) is 3.71. The summed E-state index contributed by atoms with van der Waals surface area (Å²) in [4.78, 5) is 12.5. The highest BCUT2D eigenvalue weighted by Gasteiger charge is 2.47. The van der Waals surface area contributed by atoms with Crippen LogP contribution in [0.4, 0.5) is 0 Å². The molecule has 0 bridgehead atoms. The molecule has 1 aliphatic carbocycles. The number of ether oxygens (including phenoxy) is 4. The molecule has 0 spiro atoms. The summed E-state index contributed by atoms with van der Waals surface area (Å²) in [6.07, 6.45) is -0.385. The van der Waals surface area contributed by atoms with Crippen molar-refractivity contribution in [2.45, 2.75) is 101 Å². The average Bonchev–Trinajstić information content (AvgIpc) is 2.91. The van der Waals surface area contributed by atoms with E-state index in [1.807, 2.05) is 6.08 Å². The van der Waals surface area contributed by atoms with Crippen LogP contribution in [-0.2, 0) is 23.7 Å². The molecule has 0 saturated heterocycles. The first-order valence-electron chi connectivity index (χ1n) is 13.8. The molecule has 2 aliphatic rings. The Labute approximate surface area is 225 Å². The number of aliphatic hydroxyl groups is 3. The molecule has 1 amide bonds. The highest BCUT2D eigenvalue weighted by atomic mass is 16.7. The normalized spacial score (nSPS) is 29.3. The predicted molar refractivity (Wildman–Crippen MR) is 140 cm³/mol. The van der Waals surface area contributed by atoms with Gasteiger partial charge in [0.1, 0.15) is 30.2 Å². The van der Waals surface area contributed by atoms with Crippen LogP contribution in [0.25, 0.3) is 0 Å². The van der Waals surface area contributed by atoms with Crippen LogP contribution < -0.4 is 27.8 Å². The van der Waals surface area contributed by atoms with E-state index >= 15 is 0 Å². The Morgan fingerprint density at radius 3 is 2.71 bits per heavy atom. The number of rotatable bonds is 18. The van der Waals surface area contributed by atoms with E-state index in [0.717, 1.165) is 25.1 Å². The molecule has 0 aromatic heterocycles. The van der Waals surface area contributed by atoms with Gasteiger partial charge in [0.2, 0.25) is 5.91 Å². The van der Waals surface area contributed by atoms with Gasteiger partial charge in [-0.05, 0) is 57.8 Å². The van der Waals surface area contributed by atoms with Gasteiger partial charge in [-0.2, -0.15) is 0 Å². The van der Waals surface area contributed by atoms with Crippen molar-refractivity contribution in [1.29, 1.82) is 0 Å². The smallest absolute Gasteiger partial charge is 0.220 e. The first-order valence-corrected chi connectivity index (χ1v) is 13.8. The lowest BCUT2D eigenvalue weighted by atomic mass is 9.83. The molecule has 1 saturated carbocycles. The van der Waals surface area contributed by atoms with Crippen molar-refractivity contribution < 1.29 is 39.1 Å². The third-order valence-electron chi connectivity index (χ3n) is 6.59. The quantitative estimate of drug-likeness (QED) is 0.0700. The number of hydrogen-bond donors (Lipinski definition) is 8. The SMILES string of the molecule is CC[C@@H](O)[C@H](OCCO)O[C@@H]1[C@@H](O)[C@H](O[C@@H]2CCC=C(CNCCCN)O2)[C@@H](N)C[C@H]1NC(=O)CCCN. The zero-order chi connectivity index (χ0) is 27.9. The largest absolute Gasteiger partial charge is 0.468 e. The van der Waals surface area contributed by atoms with Crippen LogP contribution in [0.1, 0.15) is 51.9 Å². The standard InChI is InChI=1S/C25H49N5O8/c1-2-19(32)25(35-13-12-31)38-24-18(30-20(33)7-4-9-26)14-17(28)23(22(24)34)37-21-8-3-6-16(36-21)15-29-11-5-10-27/h6,17-19,21-25,29,31-32,34H,2-5,7-15,26-28H2,1H3,(H,30,33)/t17-,18+,19+,21+,22-,23+,24-,25+/m0/s1. The van der Waals surface area contributed by atoms with Crippen LogP contribution in [0.3, 0.4) is 0 Å². The molecule has 1 heterocycles. The first-order chi connectivity index (χ1) is 18.3. The van der Waals surface area contributed by atoms with Crippen molar-refractivity contribution in [2.24, 2.45) is 17.2 Å². The average molecular weight is 548 g/mol. The maximum atomic E-state index is 12.5. The summed E-state index contributed by atoms with van der Waals surface area (Å²) in [7, 11) is 0. The minimum Gasteiger partial charge on any atom is -0.468 e. The van der Waals surface area contributed by atoms with Crippen molar-refractivity contribution >= 4 is 5.91 Å². The molecule has 13 nitrogen and oxygen atoms in total. The Morgan fingerprint density at radius 1 is 1.26 bits per heavy atom. The minimum atomic E-state index is -1.26. The van der Waals surface area contributed by atoms with Crippen LogP contribution in [0.5, 0.6) is 0 Å². The molecule has 13 heteroatoms. The fourth-order valence-corrected chi connectivity index (χ4v) is 4.52. The number of nitrogens with one attached hydrogen (secondary N) is 2. The second-order valence-corrected chi connectivity index (χ2v) is 9.71. The molecular weight excluding hydrogens is 498 g/mol. The Bertz CT molecular complexity index is 703. The minimum absolute atomic E-state index is 0.0676. The van der Waals surface area contributed by atoms with Crippen molar-refractivity contribution in [3.8, 4) is 0 Å². The van der Waals surface area contributed by atoms with Gasteiger partial charge >= 0.3 is 0 Å². The van der Waals surface area contributed by atoms with Crippen molar-refractivity contribution in [3.05, 3.63) is 11.8 Å². The predicted octanol–water partition coefficient (Wildman–Crippen LogP) is -1.86. The van der Waals surface area contributed by atoms with Gasteiger partial charge in [0.05, 0.1) is 25.8 Å². The van der Waals surface area contributed by atoms with Crippen LogP contribution in [0.15, 0.2) is 11.8 Å². The molecule has 0 aromatic rings. The number of aliphatic hydroxyl groups excluding tert-OH is 3. The summed E-state index contributed by atoms with van der Waals surface area (Å²) >= 11 is 0. The second-order valence-electron chi connectivity index (χ2n) is 9.71. The zero-order valence-electron chi connectivity index (χ0n) is 22.5. The van der Waals surface area contributed by atoms with Gasteiger partial charge in [-0.25, -0.2) is 0 Å². The molecule has 0 aromatic carbocycles. The van der Waals surface area contributed by atoms with Crippen LogP contribution in [0, 0.1) is 0 Å². The summed E-state index contributed by atoms with van der Waals surface area (Å²) < 4.78 is 23.7. The lowest BCUT2D eigenvalue weighted by molar-refractivity contribution is -0.269. The lowest BCUT2D eigenvalue weighted by Crippen LogP contribution is -2.66. The highest BCUT2D eigenvalue weighted by molar-refractivity contribution is 5.76. The highest BCUT2D eigenvalue weighted by Crippen LogP contribution is 2.30. The molecule has 8 atom stereocenters. The maximum Gasteiger partial charge on any atom is 0.220 e. The molecule has 38 heavy (non-hydrogen) atoms. The van der Waals surface area contributed by atoms with Gasteiger partial charge in [0.15, 0.2) is 12.6 Å². The number of nitrogens with two attached hydrogens (primary N) is 3. The number of carbonyl (C=O) groups excluding carboxylic acids is 1. The van der Waals surface area contributed by atoms with Crippen LogP contribution >= 0.6 is 0 Å². The van der Waals surface area contributed by atoms with E-state index in [-0.39, 0.29) is 32.0 Å². The van der Waals surface area contributed by atoms with Gasteiger partial charge in [-0.15, -0.1) is 0 Å². The first kappa shape index (κ1) is 32.8. The van der Waals surface area contributed by atoms with Crippen molar-refractivity contribution in [2.75, 3.05) is 39.4 Å². The number of carbonyl (C=O) groups is 1. The number of allylic oxidation sites excluding steroid dienone is 1. The Morgan fingerprint density at radius 2 is 2.03 bits per heavy atom. The van der Waals surface area contributed by atoms with E-state index in [9.17, 15) is 20.1 Å². The molecule has 0 unspecified atom stereocenters. The van der Waals surface area contributed by atoms with E-state index in [2.05, 4.69) is 10.6 Å². The van der Waals surface area contributed by atoms with Gasteiger partial charge in [-0.3, -0.25) is 4.79 Å². The van der Waals surface area contributed by atoms with Crippen LogP contribution in [0.2, 0.25) is 0 Å². The van der Waals surface area contributed by atoms with Crippen LogP contribution in [-0.4, -0.2) is 110 Å². The fourth-order valence-electron chi connectivity index (χ4n) is 4.52.